The van der Waals surface area contributed by atoms with E-state index in [4.69, 9.17) is 10.1 Å². The lowest BCUT2D eigenvalue weighted by atomic mass is 9.84. The van der Waals surface area contributed by atoms with Crippen LogP contribution in [-0.2, 0) is 4.79 Å². The number of benzene rings is 1. The molecule has 174 valence electrons. The van der Waals surface area contributed by atoms with E-state index in [0.29, 0.717) is 30.7 Å². The van der Waals surface area contributed by atoms with Crippen LogP contribution >= 0.6 is 0 Å². The zero-order valence-electron chi connectivity index (χ0n) is 19.8. The highest BCUT2D eigenvalue weighted by atomic mass is 16.2. The van der Waals surface area contributed by atoms with Crippen LogP contribution < -0.4 is 4.90 Å². The molecule has 7 heteroatoms. The van der Waals surface area contributed by atoms with Crippen LogP contribution in [0.2, 0.25) is 0 Å². The molecule has 7 nitrogen and oxygen atoms in total. The zero-order valence-corrected chi connectivity index (χ0v) is 19.8. The molecule has 2 aliphatic rings. The third-order valence-electron chi connectivity index (χ3n) is 7.42. The molecule has 3 heterocycles. The van der Waals surface area contributed by atoms with Gasteiger partial charge in [0.15, 0.2) is 0 Å². The summed E-state index contributed by atoms with van der Waals surface area (Å²) >= 11 is 0. The second-order valence-electron chi connectivity index (χ2n) is 9.53. The Hall–Kier alpha value is -2.96. The van der Waals surface area contributed by atoms with E-state index >= 15 is 0 Å². The summed E-state index contributed by atoms with van der Waals surface area (Å²) in [6.45, 7) is 6.97. The molecular formula is C26H34N6O. The second kappa shape index (κ2) is 9.49. The molecule has 2 aromatic heterocycles. The molecule has 0 unspecified atom stereocenters. The van der Waals surface area contributed by atoms with E-state index in [1.807, 2.05) is 22.4 Å². The molecule has 5 rings (SSSR count). The maximum absolute atomic E-state index is 12.5. The first kappa shape index (κ1) is 21.9. The van der Waals surface area contributed by atoms with Crippen molar-refractivity contribution >= 4 is 17.6 Å². The van der Waals surface area contributed by atoms with Gasteiger partial charge in [-0.3, -0.25) is 4.79 Å². The van der Waals surface area contributed by atoms with Crippen molar-refractivity contribution < 1.29 is 4.79 Å². The number of rotatable bonds is 5. The highest BCUT2D eigenvalue weighted by Gasteiger charge is 2.26. The summed E-state index contributed by atoms with van der Waals surface area (Å²) in [6.07, 6.45) is 9.37. The Kier molecular flexibility index (Phi) is 6.29. The van der Waals surface area contributed by atoms with Crippen molar-refractivity contribution in [2.75, 3.05) is 31.1 Å². The van der Waals surface area contributed by atoms with Crippen molar-refractivity contribution in [1.82, 2.24) is 24.5 Å². The van der Waals surface area contributed by atoms with Crippen molar-refractivity contribution in [2.45, 2.75) is 58.3 Å². The van der Waals surface area contributed by atoms with Crippen molar-refractivity contribution in [3.63, 3.8) is 0 Å². The van der Waals surface area contributed by atoms with Crippen LogP contribution in [0.5, 0.6) is 0 Å². The SMILES string of the molecule is CC[C@@H](C)C(=O)N1CCN(c2nc3nccc(-c4ccc(C5CCCCC5)cc4)n3n2)CC1. The van der Waals surface area contributed by atoms with Crippen molar-refractivity contribution in [3.05, 3.63) is 42.1 Å². The van der Waals surface area contributed by atoms with Crippen LogP contribution in [0.1, 0.15) is 63.9 Å². The summed E-state index contributed by atoms with van der Waals surface area (Å²) in [5.41, 5.74) is 3.58. The van der Waals surface area contributed by atoms with E-state index < -0.39 is 0 Å². The van der Waals surface area contributed by atoms with Gasteiger partial charge in [-0.1, -0.05) is 57.4 Å². The maximum Gasteiger partial charge on any atom is 0.254 e. The molecule has 1 amide bonds. The molecule has 33 heavy (non-hydrogen) atoms. The van der Waals surface area contributed by atoms with Gasteiger partial charge in [-0.05, 0) is 36.8 Å². The number of anilines is 1. The summed E-state index contributed by atoms with van der Waals surface area (Å²) < 4.78 is 1.85. The molecule has 0 N–H and O–H groups in total. The van der Waals surface area contributed by atoms with Gasteiger partial charge in [0.25, 0.3) is 5.78 Å². The summed E-state index contributed by atoms with van der Waals surface area (Å²) in [6, 6.07) is 11.0. The van der Waals surface area contributed by atoms with Gasteiger partial charge in [-0.25, -0.2) is 4.98 Å². The smallest absolute Gasteiger partial charge is 0.254 e. The third-order valence-corrected chi connectivity index (χ3v) is 7.42. The Labute approximate surface area is 195 Å². The number of hydrogen-bond acceptors (Lipinski definition) is 5. The van der Waals surface area contributed by atoms with Crippen LogP contribution in [-0.4, -0.2) is 56.6 Å². The van der Waals surface area contributed by atoms with Crippen LogP contribution in [0.4, 0.5) is 5.95 Å². The van der Waals surface area contributed by atoms with Crippen molar-refractivity contribution in [3.8, 4) is 11.3 Å². The summed E-state index contributed by atoms with van der Waals surface area (Å²) in [4.78, 5) is 25.8. The van der Waals surface area contributed by atoms with Crippen molar-refractivity contribution in [1.29, 1.82) is 0 Å². The van der Waals surface area contributed by atoms with Crippen molar-refractivity contribution in [2.24, 2.45) is 5.92 Å². The minimum absolute atomic E-state index is 0.0844. The number of amides is 1. The van der Waals surface area contributed by atoms with E-state index in [-0.39, 0.29) is 11.8 Å². The Bertz CT molecular complexity index is 1090. The second-order valence-corrected chi connectivity index (χ2v) is 9.53. The molecule has 1 atom stereocenters. The fourth-order valence-electron chi connectivity index (χ4n) is 5.11. The molecule has 2 fully saturated rings. The Balaban J connectivity index is 1.33. The molecule has 1 aliphatic heterocycles. The van der Waals surface area contributed by atoms with Gasteiger partial charge < -0.3 is 9.80 Å². The predicted molar refractivity (Wildman–Crippen MR) is 130 cm³/mol. The average Bonchev–Trinajstić information content (AvgIpc) is 3.33. The average molecular weight is 447 g/mol. The monoisotopic (exact) mass is 446 g/mol. The first-order chi connectivity index (χ1) is 16.1. The number of fused-ring (bicyclic) bond motifs is 1. The molecular weight excluding hydrogens is 412 g/mol. The Morgan fingerprint density at radius 1 is 1.03 bits per heavy atom. The zero-order chi connectivity index (χ0) is 22.8. The molecule has 0 radical (unpaired) electrons. The van der Waals surface area contributed by atoms with E-state index in [9.17, 15) is 4.79 Å². The lowest BCUT2D eigenvalue weighted by Gasteiger charge is -2.35. The summed E-state index contributed by atoms with van der Waals surface area (Å²) in [7, 11) is 0. The summed E-state index contributed by atoms with van der Waals surface area (Å²) in [5.74, 6) is 2.33. The largest absolute Gasteiger partial charge is 0.339 e. The highest BCUT2D eigenvalue weighted by molar-refractivity contribution is 5.78. The topological polar surface area (TPSA) is 66.6 Å². The molecule has 1 aromatic carbocycles. The van der Waals surface area contributed by atoms with Crippen LogP contribution in [0.15, 0.2) is 36.5 Å². The fourth-order valence-corrected chi connectivity index (χ4v) is 5.11. The van der Waals surface area contributed by atoms with Gasteiger partial charge in [-0.2, -0.15) is 9.50 Å². The fraction of sp³-hybridized carbons (Fsp3) is 0.538. The number of piperazine rings is 1. The standard InChI is InChI=1S/C26H34N6O/c1-3-19(2)24(33)30-15-17-31(18-16-30)26-28-25-27-14-13-23(32(25)29-26)22-11-9-21(10-12-22)20-7-5-4-6-8-20/h9-14,19-20H,3-8,15-18H2,1-2H3/t19-/m1/s1. The van der Waals surface area contributed by atoms with Crippen LogP contribution in [0.25, 0.3) is 17.0 Å². The van der Waals surface area contributed by atoms with Gasteiger partial charge in [0.05, 0.1) is 5.69 Å². The maximum atomic E-state index is 12.5. The summed E-state index contributed by atoms with van der Waals surface area (Å²) in [5, 5.41) is 4.81. The number of hydrogen-bond donors (Lipinski definition) is 0. The molecule has 1 aliphatic carbocycles. The Morgan fingerprint density at radius 3 is 2.45 bits per heavy atom. The van der Waals surface area contributed by atoms with Crippen LogP contribution in [0.3, 0.4) is 0 Å². The van der Waals surface area contributed by atoms with E-state index in [2.05, 4.69) is 41.1 Å². The normalized spacial score (nSPS) is 18.6. The van der Waals surface area contributed by atoms with Gasteiger partial charge in [0.1, 0.15) is 0 Å². The third kappa shape index (κ3) is 4.45. The first-order valence-electron chi connectivity index (χ1n) is 12.5. The minimum Gasteiger partial charge on any atom is -0.339 e. The molecule has 1 saturated carbocycles. The Morgan fingerprint density at radius 2 is 1.76 bits per heavy atom. The number of carbonyl (C=O) groups is 1. The highest BCUT2D eigenvalue weighted by Crippen LogP contribution is 2.33. The molecule has 1 saturated heterocycles. The minimum atomic E-state index is 0.0844. The molecule has 0 bridgehead atoms. The lowest BCUT2D eigenvalue weighted by molar-refractivity contribution is -0.135. The number of nitrogens with zero attached hydrogens (tertiary/aromatic N) is 6. The van der Waals surface area contributed by atoms with Gasteiger partial charge in [0, 0.05) is 43.9 Å². The van der Waals surface area contributed by atoms with E-state index in [1.54, 1.807) is 6.20 Å². The van der Waals surface area contributed by atoms with E-state index in [0.717, 1.165) is 30.8 Å². The quantitative estimate of drug-likeness (QED) is 0.576. The lowest BCUT2D eigenvalue weighted by Crippen LogP contribution is -2.50. The van der Waals surface area contributed by atoms with Gasteiger partial charge in [-0.15, -0.1) is 5.10 Å². The van der Waals surface area contributed by atoms with Gasteiger partial charge >= 0.3 is 0 Å². The predicted octanol–water partition coefficient (Wildman–Crippen LogP) is 4.53. The molecule has 0 spiro atoms. The molecule has 3 aromatic rings. The first-order valence-corrected chi connectivity index (χ1v) is 12.5. The number of carbonyl (C=O) groups excluding carboxylic acids is 1. The van der Waals surface area contributed by atoms with Gasteiger partial charge in [0.2, 0.25) is 11.9 Å². The van der Waals surface area contributed by atoms with Crippen LogP contribution in [0, 0.1) is 5.92 Å². The number of aromatic nitrogens is 4. The van der Waals surface area contributed by atoms with E-state index in [1.165, 1.54) is 37.7 Å².